The summed E-state index contributed by atoms with van der Waals surface area (Å²) in [5, 5.41) is 3.09. The predicted octanol–water partition coefficient (Wildman–Crippen LogP) is 4.44. The van der Waals surface area contributed by atoms with Crippen LogP contribution in [0.1, 0.15) is 50.0 Å². The van der Waals surface area contributed by atoms with E-state index in [9.17, 15) is 8.78 Å². The summed E-state index contributed by atoms with van der Waals surface area (Å²) in [6, 6.07) is 2.47. The molecule has 18 heavy (non-hydrogen) atoms. The van der Waals surface area contributed by atoms with Gasteiger partial charge in [0.1, 0.15) is 11.6 Å². The molecule has 1 unspecified atom stereocenters. The van der Waals surface area contributed by atoms with Crippen LogP contribution in [0.5, 0.6) is 0 Å². The molecule has 0 spiro atoms. The van der Waals surface area contributed by atoms with Crippen molar-refractivity contribution in [1.29, 1.82) is 0 Å². The topological polar surface area (TPSA) is 12.0 Å². The summed E-state index contributed by atoms with van der Waals surface area (Å²) in [5.74, 6) is 0.121. The Balaban J connectivity index is 1.77. The number of hydrogen-bond acceptors (Lipinski definition) is 1. The van der Waals surface area contributed by atoms with Crippen LogP contribution in [0.2, 0.25) is 0 Å². The molecule has 2 aliphatic rings. The maximum atomic E-state index is 13.6. The van der Waals surface area contributed by atoms with Crippen LogP contribution in [-0.2, 0) is 0 Å². The minimum absolute atomic E-state index is 0.285. The maximum Gasteiger partial charge on any atom is 0.149 e. The van der Waals surface area contributed by atoms with Crippen LogP contribution in [0.4, 0.5) is 14.5 Å². The predicted molar refractivity (Wildman–Crippen MR) is 68.8 cm³/mol. The van der Waals surface area contributed by atoms with E-state index in [1.807, 2.05) is 0 Å². The molecule has 1 saturated carbocycles. The lowest BCUT2D eigenvalue weighted by molar-refractivity contribution is 0.322. The molecule has 1 atom stereocenters. The van der Waals surface area contributed by atoms with Gasteiger partial charge in [0, 0.05) is 18.5 Å². The fourth-order valence-electron chi connectivity index (χ4n) is 3.47. The third kappa shape index (κ3) is 2.23. The highest BCUT2D eigenvalue weighted by Crippen LogP contribution is 2.40. The zero-order chi connectivity index (χ0) is 12.5. The van der Waals surface area contributed by atoms with Crippen molar-refractivity contribution in [3.63, 3.8) is 0 Å². The first-order valence-electron chi connectivity index (χ1n) is 6.97. The van der Waals surface area contributed by atoms with Gasteiger partial charge in [-0.15, -0.1) is 0 Å². The standard InChI is InChI=1S/C15H19F2N/c16-12-7-13-11(6-10-4-2-1-3-5-10)9-18-15(13)14(17)8-12/h7-8,10-11,18H,1-6,9H2. The van der Waals surface area contributed by atoms with Crippen molar-refractivity contribution in [3.05, 3.63) is 29.3 Å². The van der Waals surface area contributed by atoms with Gasteiger partial charge in [-0.2, -0.15) is 0 Å². The highest BCUT2D eigenvalue weighted by molar-refractivity contribution is 5.58. The molecule has 0 amide bonds. The number of benzene rings is 1. The van der Waals surface area contributed by atoms with Crippen LogP contribution in [-0.4, -0.2) is 6.54 Å². The van der Waals surface area contributed by atoms with Crippen molar-refractivity contribution in [2.75, 3.05) is 11.9 Å². The average Bonchev–Trinajstić information content (AvgIpc) is 2.74. The van der Waals surface area contributed by atoms with Crippen molar-refractivity contribution < 1.29 is 8.78 Å². The number of hydrogen-bond donors (Lipinski definition) is 1. The molecule has 1 N–H and O–H groups in total. The maximum absolute atomic E-state index is 13.6. The lowest BCUT2D eigenvalue weighted by Crippen LogP contribution is -2.12. The zero-order valence-electron chi connectivity index (χ0n) is 10.5. The van der Waals surface area contributed by atoms with Gasteiger partial charge in [0.2, 0.25) is 0 Å². The molecule has 0 saturated heterocycles. The average molecular weight is 251 g/mol. The summed E-state index contributed by atoms with van der Waals surface area (Å²) < 4.78 is 26.9. The van der Waals surface area contributed by atoms with Crippen LogP contribution < -0.4 is 5.32 Å². The van der Waals surface area contributed by atoms with Crippen LogP contribution in [0, 0.1) is 17.6 Å². The summed E-state index contributed by atoms with van der Waals surface area (Å²) in [5.41, 5.74) is 1.37. The fourth-order valence-corrected chi connectivity index (χ4v) is 3.47. The van der Waals surface area contributed by atoms with Gasteiger partial charge < -0.3 is 5.32 Å². The SMILES string of the molecule is Fc1cc(F)c2c(c1)C(CC1CCCCC1)CN2. The molecule has 1 aliphatic heterocycles. The van der Waals surface area contributed by atoms with Gasteiger partial charge in [-0.05, 0) is 24.0 Å². The van der Waals surface area contributed by atoms with Gasteiger partial charge in [-0.25, -0.2) is 8.78 Å². The third-order valence-corrected chi connectivity index (χ3v) is 4.39. The molecule has 98 valence electrons. The molecule has 0 aromatic heterocycles. The second kappa shape index (κ2) is 4.87. The molecule has 1 aromatic carbocycles. The van der Waals surface area contributed by atoms with Gasteiger partial charge in [-0.3, -0.25) is 0 Å². The van der Waals surface area contributed by atoms with Crippen molar-refractivity contribution in [2.45, 2.75) is 44.4 Å². The molecule has 0 bridgehead atoms. The minimum atomic E-state index is -0.455. The summed E-state index contributed by atoms with van der Waals surface area (Å²) in [6.45, 7) is 0.756. The smallest absolute Gasteiger partial charge is 0.149 e. The van der Waals surface area contributed by atoms with Gasteiger partial charge in [0.15, 0.2) is 0 Å². The van der Waals surface area contributed by atoms with Crippen molar-refractivity contribution in [3.8, 4) is 0 Å². The van der Waals surface area contributed by atoms with E-state index in [2.05, 4.69) is 5.32 Å². The summed E-state index contributed by atoms with van der Waals surface area (Å²) in [4.78, 5) is 0. The summed E-state index contributed by atoms with van der Waals surface area (Å²) in [7, 11) is 0. The van der Waals surface area contributed by atoms with Gasteiger partial charge in [-0.1, -0.05) is 32.1 Å². The van der Waals surface area contributed by atoms with Crippen molar-refractivity contribution >= 4 is 5.69 Å². The Kier molecular flexibility index (Phi) is 3.23. The van der Waals surface area contributed by atoms with Crippen LogP contribution in [0.3, 0.4) is 0 Å². The Hall–Kier alpha value is -1.12. The molecule has 1 aromatic rings. The Bertz CT molecular complexity index is 438. The molecular formula is C15H19F2N. The van der Waals surface area contributed by atoms with E-state index in [1.54, 1.807) is 0 Å². The molecular weight excluding hydrogens is 232 g/mol. The highest BCUT2D eigenvalue weighted by atomic mass is 19.1. The number of anilines is 1. The number of fused-ring (bicyclic) bond motifs is 1. The Morgan fingerprint density at radius 2 is 1.89 bits per heavy atom. The van der Waals surface area contributed by atoms with Crippen LogP contribution in [0.25, 0.3) is 0 Å². The van der Waals surface area contributed by atoms with E-state index in [1.165, 1.54) is 38.2 Å². The van der Waals surface area contributed by atoms with E-state index in [0.29, 0.717) is 5.69 Å². The lowest BCUT2D eigenvalue weighted by atomic mass is 9.81. The summed E-state index contributed by atoms with van der Waals surface area (Å²) >= 11 is 0. The van der Waals surface area contributed by atoms with E-state index in [-0.39, 0.29) is 5.92 Å². The molecule has 1 aliphatic carbocycles. The number of rotatable bonds is 2. The molecule has 0 radical (unpaired) electrons. The monoisotopic (exact) mass is 251 g/mol. The van der Waals surface area contributed by atoms with Crippen LogP contribution in [0.15, 0.2) is 12.1 Å². The molecule has 1 nitrogen and oxygen atoms in total. The lowest BCUT2D eigenvalue weighted by Gasteiger charge is -2.24. The molecule has 3 heteroatoms. The molecule has 1 fully saturated rings. The normalized spacial score (nSPS) is 23.8. The largest absolute Gasteiger partial charge is 0.382 e. The Morgan fingerprint density at radius 1 is 1.11 bits per heavy atom. The van der Waals surface area contributed by atoms with E-state index < -0.39 is 11.6 Å². The van der Waals surface area contributed by atoms with E-state index in [0.717, 1.165) is 30.5 Å². The highest BCUT2D eigenvalue weighted by Gasteiger charge is 2.28. The molecule has 1 heterocycles. The van der Waals surface area contributed by atoms with Gasteiger partial charge in [0.05, 0.1) is 5.69 Å². The minimum Gasteiger partial charge on any atom is -0.382 e. The van der Waals surface area contributed by atoms with Gasteiger partial charge >= 0.3 is 0 Å². The molecule has 3 rings (SSSR count). The third-order valence-electron chi connectivity index (χ3n) is 4.39. The first-order chi connectivity index (χ1) is 8.74. The Morgan fingerprint density at radius 3 is 2.67 bits per heavy atom. The summed E-state index contributed by atoms with van der Waals surface area (Å²) in [6.07, 6.45) is 7.61. The van der Waals surface area contributed by atoms with Crippen molar-refractivity contribution in [2.24, 2.45) is 5.92 Å². The van der Waals surface area contributed by atoms with Crippen molar-refractivity contribution in [1.82, 2.24) is 0 Å². The Labute approximate surface area is 107 Å². The first kappa shape index (κ1) is 11.9. The van der Waals surface area contributed by atoms with Crippen LogP contribution >= 0.6 is 0 Å². The van der Waals surface area contributed by atoms with Gasteiger partial charge in [0.25, 0.3) is 0 Å². The second-order valence-electron chi connectivity index (χ2n) is 5.67. The zero-order valence-corrected chi connectivity index (χ0v) is 10.5. The second-order valence-corrected chi connectivity index (χ2v) is 5.67. The first-order valence-corrected chi connectivity index (χ1v) is 6.97. The number of halogens is 2. The quantitative estimate of drug-likeness (QED) is 0.819. The number of nitrogens with one attached hydrogen (secondary N) is 1. The van der Waals surface area contributed by atoms with E-state index >= 15 is 0 Å². The van der Waals surface area contributed by atoms with E-state index in [4.69, 9.17) is 0 Å². The fraction of sp³-hybridized carbons (Fsp3) is 0.600.